The Morgan fingerprint density at radius 1 is 1.40 bits per heavy atom. The third-order valence-electron chi connectivity index (χ3n) is 2.42. The summed E-state index contributed by atoms with van der Waals surface area (Å²) in [5.74, 6) is 0.999. The number of imidazole rings is 1. The van der Waals surface area contributed by atoms with Crippen LogP contribution in [0.4, 0.5) is 5.82 Å². The SMILES string of the molecule is CS/C(=N\C(N)=NCc1ccccc1)Nc1cnc[nH]1. The summed E-state index contributed by atoms with van der Waals surface area (Å²) < 4.78 is 0. The number of amidine groups is 1. The Kier molecular flexibility index (Phi) is 5.19. The number of guanidine groups is 1. The number of aliphatic imine (C=N–C) groups is 2. The zero-order chi connectivity index (χ0) is 14.2. The zero-order valence-corrected chi connectivity index (χ0v) is 11.9. The van der Waals surface area contributed by atoms with Crippen molar-refractivity contribution in [3.63, 3.8) is 0 Å². The van der Waals surface area contributed by atoms with Crippen molar-refractivity contribution in [2.24, 2.45) is 15.7 Å². The molecule has 0 bridgehead atoms. The second kappa shape index (κ2) is 7.34. The first kappa shape index (κ1) is 14.1. The van der Waals surface area contributed by atoms with E-state index in [1.807, 2.05) is 36.6 Å². The summed E-state index contributed by atoms with van der Waals surface area (Å²) >= 11 is 1.45. The van der Waals surface area contributed by atoms with Crippen LogP contribution in [-0.2, 0) is 6.54 Å². The molecule has 6 nitrogen and oxygen atoms in total. The summed E-state index contributed by atoms with van der Waals surface area (Å²) in [5, 5.41) is 3.73. The Bertz CT molecular complexity index is 576. The lowest BCUT2D eigenvalue weighted by Gasteiger charge is -2.04. The fraction of sp³-hybridized carbons (Fsp3) is 0.154. The van der Waals surface area contributed by atoms with Crippen molar-refractivity contribution in [2.75, 3.05) is 11.6 Å². The minimum atomic E-state index is 0.241. The van der Waals surface area contributed by atoms with Crippen LogP contribution in [0.2, 0.25) is 0 Å². The highest BCUT2D eigenvalue weighted by Gasteiger charge is 2.00. The van der Waals surface area contributed by atoms with E-state index in [9.17, 15) is 0 Å². The maximum absolute atomic E-state index is 5.81. The molecule has 1 aromatic carbocycles. The zero-order valence-electron chi connectivity index (χ0n) is 11.1. The van der Waals surface area contributed by atoms with Crippen LogP contribution < -0.4 is 11.1 Å². The smallest absolute Gasteiger partial charge is 0.218 e. The number of aromatic amines is 1. The van der Waals surface area contributed by atoms with Gasteiger partial charge in [-0.1, -0.05) is 42.1 Å². The van der Waals surface area contributed by atoms with Crippen molar-refractivity contribution >= 4 is 28.7 Å². The van der Waals surface area contributed by atoms with E-state index < -0.39 is 0 Å². The molecular weight excluding hydrogens is 272 g/mol. The van der Waals surface area contributed by atoms with Gasteiger partial charge in [0.25, 0.3) is 0 Å². The Balaban J connectivity index is 1.99. The number of nitrogens with two attached hydrogens (primary N) is 1. The Labute approximate surface area is 121 Å². The maximum Gasteiger partial charge on any atom is 0.218 e. The van der Waals surface area contributed by atoms with Crippen LogP contribution in [0.5, 0.6) is 0 Å². The molecule has 1 heterocycles. The molecule has 2 rings (SSSR count). The van der Waals surface area contributed by atoms with E-state index in [0.29, 0.717) is 11.7 Å². The molecule has 4 N–H and O–H groups in total. The predicted molar refractivity (Wildman–Crippen MR) is 84.9 cm³/mol. The second-order valence-electron chi connectivity index (χ2n) is 3.87. The molecule has 20 heavy (non-hydrogen) atoms. The number of hydrogen-bond acceptors (Lipinski definition) is 3. The van der Waals surface area contributed by atoms with E-state index in [4.69, 9.17) is 5.73 Å². The summed E-state index contributed by atoms with van der Waals surface area (Å²) in [6.45, 7) is 0.516. The van der Waals surface area contributed by atoms with Gasteiger partial charge < -0.3 is 16.0 Å². The molecule has 0 atom stereocenters. The quantitative estimate of drug-likeness (QED) is 0.595. The van der Waals surface area contributed by atoms with Gasteiger partial charge in [0, 0.05) is 0 Å². The van der Waals surface area contributed by atoms with Crippen LogP contribution in [0.15, 0.2) is 52.8 Å². The standard InChI is InChI=1S/C13H16N6S/c1-20-13(18-11-8-15-9-17-11)19-12(14)16-7-10-5-3-2-4-6-10/h2-6,8-9H,7H2,1H3,(H,15,17)(H3,14,16,18,19). The highest BCUT2D eigenvalue weighted by molar-refractivity contribution is 8.13. The Hall–Kier alpha value is -2.28. The minimum absolute atomic E-state index is 0.241. The van der Waals surface area contributed by atoms with Crippen LogP contribution in [0.1, 0.15) is 5.56 Å². The van der Waals surface area contributed by atoms with Crippen molar-refractivity contribution in [1.82, 2.24) is 9.97 Å². The number of benzene rings is 1. The first-order valence-electron chi connectivity index (χ1n) is 6.00. The summed E-state index contributed by atoms with van der Waals surface area (Å²) in [6.07, 6.45) is 5.17. The largest absolute Gasteiger partial charge is 0.368 e. The van der Waals surface area contributed by atoms with E-state index in [-0.39, 0.29) is 5.96 Å². The fourth-order valence-electron chi connectivity index (χ4n) is 1.46. The number of aromatic nitrogens is 2. The van der Waals surface area contributed by atoms with E-state index in [1.54, 1.807) is 12.5 Å². The molecule has 104 valence electrons. The normalized spacial score (nSPS) is 12.4. The monoisotopic (exact) mass is 288 g/mol. The molecule has 0 unspecified atom stereocenters. The molecule has 0 aliphatic heterocycles. The van der Waals surface area contributed by atoms with Crippen LogP contribution in [-0.4, -0.2) is 27.4 Å². The molecule has 1 aromatic heterocycles. The van der Waals surface area contributed by atoms with Gasteiger partial charge in [-0.05, 0) is 11.8 Å². The van der Waals surface area contributed by atoms with Gasteiger partial charge in [-0.25, -0.2) is 9.98 Å². The molecule has 0 spiro atoms. The number of nitrogens with one attached hydrogen (secondary N) is 2. The lowest BCUT2D eigenvalue weighted by atomic mass is 10.2. The van der Waals surface area contributed by atoms with Crippen LogP contribution in [0, 0.1) is 0 Å². The molecule has 0 amide bonds. The van der Waals surface area contributed by atoms with Crippen molar-refractivity contribution in [1.29, 1.82) is 0 Å². The van der Waals surface area contributed by atoms with Gasteiger partial charge in [0.15, 0.2) is 5.17 Å². The topological polar surface area (TPSA) is 91.4 Å². The third-order valence-corrected chi connectivity index (χ3v) is 3.00. The number of rotatable bonds is 3. The van der Waals surface area contributed by atoms with Crippen LogP contribution in [0.3, 0.4) is 0 Å². The summed E-state index contributed by atoms with van der Waals surface area (Å²) in [7, 11) is 0. The highest BCUT2D eigenvalue weighted by Crippen LogP contribution is 2.05. The number of hydrogen-bond donors (Lipinski definition) is 3. The lowest BCUT2D eigenvalue weighted by molar-refractivity contribution is 1.05. The first-order chi connectivity index (χ1) is 9.78. The van der Waals surface area contributed by atoms with Gasteiger partial charge in [-0.3, -0.25) is 0 Å². The van der Waals surface area contributed by atoms with E-state index >= 15 is 0 Å². The molecule has 0 aliphatic carbocycles. The van der Waals surface area contributed by atoms with Gasteiger partial charge in [-0.2, -0.15) is 4.99 Å². The number of nitrogens with zero attached hydrogens (tertiary/aromatic N) is 3. The fourth-order valence-corrected chi connectivity index (χ4v) is 1.86. The van der Waals surface area contributed by atoms with Gasteiger partial charge >= 0.3 is 0 Å². The van der Waals surface area contributed by atoms with Gasteiger partial charge in [0.1, 0.15) is 5.82 Å². The van der Waals surface area contributed by atoms with E-state index in [1.165, 1.54) is 11.8 Å². The molecule has 0 aliphatic rings. The average molecular weight is 288 g/mol. The summed E-state index contributed by atoms with van der Waals surface area (Å²) in [6, 6.07) is 9.90. The van der Waals surface area contributed by atoms with Crippen LogP contribution in [0.25, 0.3) is 0 Å². The van der Waals surface area contributed by atoms with Crippen molar-refractivity contribution < 1.29 is 0 Å². The number of thioether (sulfide) groups is 1. The molecule has 0 saturated carbocycles. The van der Waals surface area contributed by atoms with E-state index in [2.05, 4.69) is 25.3 Å². The molecule has 0 radical (unpaired) electrons. The summed E-state index contributed by atoms with van der Waals surface area (Å²) in [4.78, 5) is 15.3. The minimum Gasteiger partial charge on any atom is -0.368 e. The highest BCUT2D eigenvalue weighted by atomic mass is 32.2. The number of anilines is 1. The second-order valence-corrected chi connectivity index (χ2v) is 4.67. The molecule has 7 heteroatoms. The maximum atomic E-state index is 5.81. The van der Waals surface area contributed by atoms with Gasteiger partial charge in [0.2, 0.25) is 5.96 Å². The molecule has 0 saturated heterocycles. The molecular formula is C13H16N6S. The van der Waals surface area contributed by atoms with Crippen molar-refractivity contribution in [2.45, 2.75) is 6.54 Å². The Morgan fingerprint density at radius 2 is 2.20 bits per heavy atom. The van der Waals surface area contributed by atoms with Crippen molar-refractivity contribution in [3.05, 3.63) is 48.4 Å². The summed E-state index contributed by atoms with van der Waals surface area (Å²) in [5.41, 5.74) is 6.91. The van der Waals surface area contributed by atoms with E-state index in [0.717, 1.165) is 11.4 Å². The Morgan fingerprint density at radius 3 is 2.85 bits per heavy atom. The molecule has 2 aromatic rings. The third kappa shape index (κ3) is 4.43. The average Bonchev–Trinajstić information content (AvgIpc) is 2.98. The number of H-pyrrole nitrogens is 1. The van der Waals surface area contributed by atoms with Gasteiger partial charge in [0.05, 0.1) is 19.1 Å². The first-order valence-corrected chi connectivity index (χ1v) is 7.22. The lowest BCUT2D eigenvalue weighted by Crippen LogP contribution is -2.16. The van der Waals surface area contributed by atoms with Gasteiger partial charge in [-0.15, -0.1) is 0 Å². The van der Waals surface area contributed by atoms with Crippen molar-refractivity contribution in [3.8, 4) is 0 Å². The molecule has 0 fully saturated rings. The predicted octanol–water partition coefficient (Wildman–Crippen LogP) is 2.06. The van der Waals surface area contributed by atoms with Crippen LogP contribution >= 0.6 is 11.8 Å².